The number of carbonyl (C=O) groups excluding carboxylic acids is 1. The topological polar surface area (TPSA) is 208 Å². The molecule has 0 fully saturated rings. The number of carbonyl (C=O) groups is 1. The number of fused-ring (bicyclic) bond motifs is 20. The molecule has 0 atom stereocenters. The number of amides is 1. The molecule has 3 aromatic carbocycles. The maximum Gasteiger partial charge on any atom is 2.00 e. The fraction of sp³-hybridized carbons (Fsp3) is 0.200. The Labute approximate surface area is 353 Å². The summed E-state index contributed by atoms with van der Waals surface area (Å²) in [4.78, 5) is 58.1. The zero-order valence-electron chi connectivity index (χ0n) is 32.1. The van der Waals surface area contributed by atoms with Gasteiger partial charge in [-0.1, -0.05) is 48.5 Å². The minimum absolute atomic E-state index is 0. The monoisotopic (exact) mass is 839 g/mol. The maximum absolute atomic E-state index is 14.0. The van der Waals surface area contributed by atoms with Gasteiger partial charge in [0.1, 0.15) is 0 Å². The van der Waals surface area contributed by atoms with Crippen LogP contribution < -0.4 is 15.3 Å². The van der Waals surface area contributed by atoms with Crippen molar-refractivity contribution < 1.29 is 36.9 Å². The Balaban J connectivity index is 0.00000462. The smallest absolute Gasteiger partial charge is 0.392 e. The minimum atomic E-state index is -0.264. The molecule has 14 nitrogen and oxygen atoms in total. The number of aryl methyl sites for hydroxylation is 1. The Morgan fingerprint density at radius 3 is 2.18 bits per heavy atom. The largest absolute Gasteiger partial charge is 2.00 e. The summed E-state index contributed by atoms with van der Waals surface area (Å²) in [5, 5.41) is 34.7. The summed E-state index contributed by atoms with van der Waals surface area (Å²) >= 11 is 0. The predicted molar refractivity (Wildman–Crippen MR) is 220 cm³/mol. The van der Waals surface area contributed by atoms with Crippen LogP contribution in [0.15, 0.2) is 90.8 Å². The third kappa shape index (κ3) is 7.05. The van der Waals surface area contributed by atoms with Gasteiger partial charge in [0.05, 0.1) is 43.1 Å². The number of unbranched alkanes of at least 4 members (excludes halogenated alkanes) is 1. The fourth-order valence-electron chi connectivity index (χ4n) is 7.93. The van der Waals surface area contributed by atoms with Crippen LogP contribution in [0.3, 0.4) is 0 Å². The summed E-state index contributed by atoms with van der Waals surface area (Å²) in [6.45, 7) is 0.00456. The normalized spacial score (nSPS) is 12.6. The molecule has 4 aromatic heterocycles. The molecule has 0 spiro atoms. The van der Waals surface area contributed by atoms with Crippen LogP contribution >= 0.6 is 0 Å². The van der Waals surface area contributed by atoms with Crippen LogP contribution in [0.5, 0.6) is 0 Å². The van der Waals surface area contributed by atoms with Crippen molar-refractivity contribution in [3.8, 4) is 45.6 Å². The Kier molecular flexibility index (Phi) is 10.6. The molecule has 1 aliphatic carbocycles. The van der Waals surface area contributed by atoms with Crippen molar-refractivity contribution in [1.29, 1.82) is 0 Å². The molecule has 60 heavy (non-hydrogen) atoms. The van der Waals surface area contributed by atoms with Gasteiger partial charge in [-0.3, -0.25) is 9.78 Å². The number of allylic oxidation sites excluding steroid dienone is 1. The zero-order chi connectivity index (χ0) is 40.0. The predicted octanol–water partition coefficient (Wildman–Crippen LogP) is 5.12. The van der Waals surface area contributed by atoms with Crippen LogP contribution in [0.2, 0.25) is 0 Å². The van der Waals surface area contributed by atoms with Crippen LogP contribution in [0, 0.1) is 0 Å². The van der Waals surface area contributed by atoms with Crippen molar-refractivity contribution in [3.63, 3.8) is 0 Å². The molecule has 10 rings (SSSR count). The summed E-state index contributed by atoms with van der Waals surface area (Å²) in [6, 6.07) is 20.4. The van der Waals surface area contributed by atoms with Crippen molar-refractivity contribution in [2.24, 2.45) is 0 Å². The van der Waals surface area contributed by atoms with Crippen molar-refractivity contribution in [1.82, 2.24) is 50.2 Å². The molecule has 6 heterocycles. The number of hydrogen-bond donors (Lipinski definition) is 4. The molecule has 4 N–H and O–H groups in total. The summed E-state index contributed by atoms with van der Waals surface area (Å²) in [6.07, 6.45) is 9.05. The number of nitrogens with zero attached hydrogens (tertiary/aromatic N) is 9. The summed E-state index contributed by atoms with van der Waals surface area (Å²) in [5.41, 5.74) is 9.39. The van der Waals surface area contributed by atoms with Gasteiger partial charge < -0.3 is 50.5 Å². The van der Waals surface area contributed by atoms with E-state index in [1.54, 1.807) is 18.3 Å². The quantitative estimate of drug-likeness (QED) is 0.110. The molecule has 3 aliphatic rings. The number of pyridine rings is 1. The van der Waals surface area contributed by atoms with Gasteiger partial charge in [0.15, 0.2) is 0 Å². The van der Waals surface area contributed by atoms with E-state index in [0.29, 0.717) is 109 Å². The molecule has 0 saturated heterocycles. The Bertz CT molecular complexity index is 3040. The summed E-state index contributed by atoms with van der Waals surface area (Å²) in [5.74, 6) is 1.04. The molecule has 1 radical (unpaired) electrons. The van der Waals surface area contributed by atoms with Crippen LogP contribution in [0.25, 0.3) is 78.9 Å². The number of hydrogen-bond acceptors (Lipinski definition) is 11. The van der Waals surface area contributed by atoms with E-state index >= 15 is 0 Å². The number of nitrogens with one attached hydrogen (secondary N) is 1. The van der Waals surface area contributed by atoms with Crippen LogP contribution in [-0.2, 0) is 49.3 Å². The molecular formula is C45H36CoN10O4. The Morgan fingerprint density at radius 2 is 1.37 bits per heavy atom. The Hall–Kier alpha value is -6.49. The first-order valence-electron chi connectivity index (χ1n) is 19.5. The second kappa shape index (κ2) is 16.3. The number of aliphatic hydroxyl groups excluding tert-OH is 3. The average molecular weight is 840 g/mol. The third-order valence-corrected chi connectivity index (χ3v) is 11.0. The van der Waals surface area contributed by atoms with E-state index < -0.39 is 0 Å². The number of rotatable bonds is 9. The molecule has 0 saturated carbocycles. The average Bonchev–Trinajstić information content (AvgIpc) is 4.01. The molecule has 299 valence electrons. The first kappa shape index (κ1) is 39.0. The standard InChI is InChI=1S/C45H37N10O4.Co/c56-21-25-9-12-28-33(17-25)41-49-37(28)48-40-31-7-3-8-32(45(59)47-16-2-1-5-24-6-4-15-46-20-24)36(31)44(55-40)54-39-30-14-11-27(23-58)19-35(30)43(52-39)53-42-34-18-26(22-57)10-13-29(34)38(50-41)51-42;/h3-4,6-11,13-15,18-20,56-58H,1-2,5,12,16-17,21-23H2,(H2-,47,48,49,50,51,52,53,54,55,59);/q-1;+2/p-1. The van der Waals surface area contributed by atoms with Gasteiger partial charge in [-0.05, 0) is 101 Å². The second-order valence-corrected chi connectivity index (χ2v) is 14.7. The number of benzene rings is 3. The maximum atomic E-state index is 14.0. The molecule has 0 unspecified atom stereocenters. The second-order valence-electron chi connectivity index (χ2n) is 14.7. The van der Waals surface area contributed by atoms with Crippen molar-refractivity contribution in [2.75, 3.05) is 13.2 Å². The molecular weight excluding hydrogens is 803 g/mol. The van der Waals surface area contributed by atoms with Crippen molar-refractivity contribution in [3.05, 3.63) is 124 Å². The van der Waals surface area contributed by atoms with E-state index in [1.807, 2.05) is 66.9 Å². The molecule has 15 heteroatoms. The number of aliphatic hydroxyl groups is 3. The van der Waals surface area contributed by atoms with E-state index in [4.69, 9.17) is 39.9 Å². The Morgan fingerprint density at radius 1 is 0.650 bits per heavy atom. The van der Waals surface area contributed by atoms with Crippen LogP contribution in [-0.4, -0.2) is 69.3 Å². The molecule has 2 aliphatic heterocycles. The van der Waals surface area contributed by atoms with Gasteiger partial charge in [-0.15, -0.1) is 0 Å². The van der Waals surface area contributed by atoms with Gasteiger partial charge in [0, 0.05) is 69.3 Å². The van der Waals surface area contributed by atoms with E-state index in [1.165, 1.54) is 0 Å². The molecule has 8 bridgehead atoms. The zero-order valence-corrected chi connectivity index (χ0v) is 33.1. The number of aromatic nitrogens is 9. The van der Waals surface area contributed by atoms with Crippen molar-refractivity contribution >= 4 is 39.3 Å². The van der Waals surface area contributed by atoms with E-state index in [2.05, 4.69) is 10.3 Å². The first-order chi connectivity index (χ1) is 29.0. The van der Waals surface area contributed by atoms with E-state index in [9.17, 15) is 20.1 Å². The first-order valence-corrected chi connectivity index (χ1v) is 19.5. The van der Waals surface area contributed by atoms with Crippen LogP contribution in [0.1, 0.15) is 51.0 Å². The minimum Gasteiger partial charge on any atom is -0.392 e. The summed E-state index contributed by atoms with van der Waals surface area (Å²) < 4.78 is 0. The fourth-order valence-corrected chi connectivity index (χ4v) is 7.93. The van der Waals surface area contributed by atoms with Gasteiger partial charge in [-0.25, -0.2) is 9.97 Å². The van der Waals surface area contributed by atoms with Crippen molar-refractivity contribution in [2.45, 2.75) is 45.3 Å². The van der Waals surface area contributed by atoms with Gasteiger partial charge in [-0.2, -0.15) is 0 Å². The third-order valence-electron chi connectivity index (χ3n) is 11.0. The van der Waals surface area contributed by atoms with E-state index in [0.717, 1.165) is 41.5 Å². The molecule has 7 aromatic rings. The van der Waals surface area contributed by atoms with Gasteiger partial charge in [0.25, 0.3) is 5.91 Å². The van der Waals surface area contributed by atoms with Gasteiger partial charge in [0.2, 0.25) is 0 Å². The van der Waals surface area contributed by atoms with Crippen LogP contribution in [0.4, 0.5) is 0 Å². The molecule has 1 amide bonds. The van der Waals surface area contributed by atoms with Gasteiger partial charge >= 0.3 is 16.8 Å². The summed E-state index contributed by atoms with van der Waals surface area (Å²) in [7, 11) is 0. The SMILES string of the molecule is O=C(NCCCCc1cccnc1)c1cccc2c1-c1nc-2nc2[n-]c(nc3nc(nc4[n-]c(n1)c1ccc(CO)cc41)-c1cc(CO)ccc1-3)c1c2CC=C(CO)C1.[Co+2]. The van der Waals surface area contributed by atoms with E-state index in [-0.39, 0.29) is 48.3 Å².